The summed E-state index contributed by atoms with van der Waals surface area (Å²) in [5, 5.41) is 3.29. The number of esters is 1. The number of hydrogen-bond donors (Lipinski definition) is 1. The molecule has 1 atom stereocenters. The summed E-state index contributed by atoms with van der Waals surface area (Å²) in [6.45, 7) is 5.96. The van der Waals surface area contributed by atoms with Gasteiger partial charge in [0.25, 0.3) is 0 Å². The number of rotatable bonds is 5. The molecule has 5 nitrogen and oxygen atoms in total. The number of carbonyl (C=O) groups is 2. The largest absolute Gasteiger partial charge is 0.497 e. The lowest BCUT2D eigenvalue weighted by atomic mass is 9.68. The Hall–Kier alpha value is -3.41. The van der Waals surface area contributed by atoms with Crippen molar-refractivity contribution in [1.82, 2.24) is 5.32 Å². The number of nitrogens with one attached hydrogen (secondary N) is 1. The van der Waals surface area contributed by atoms with Crippen LogP contribution in [0.5, 0.6) is 5.75 Å². The Morgan fingerprint density at radius 1 is 1.15 bits per heavy atom. The number of Topliss-reactive ketones (excluding diaryl/α,β-unsaturated/α-hetero) is 1. The van der Waals surface area contributed by atoms with E-state index in [2.05, 4.69) is 5.32 Å². The molecule has 0 fully saturated rings. The van der Waals surface area contributed by atoms with Gasteiger partial charge >= 0.3 is 5.97 Å². The van der Waals surface area contributed by atoms with Crippen molar-refractivity contribution in [3.8, 4) is 5.75 Å². The number of hydrogen-bond acceptors (Lipinski definition) is 5. The Labute approximate surface area is 193 Å². The van der Waals surface area contributed by atoms with E-state index in [0.29, 0.717) is 41.0 Å². The second-order valence-corrected chi connectivity index (χ2v) is 9.41. The zero-order valence-corrected chi connectivity index (χ0v) is 19.3. The standard InChI is InChI=1S/C27H28FNO4/c1-16-23(26(31)33-15-17-8-10-20(32-4)11-9-17)24(18-6-5-7-19(28)12-18)25-21(29-16)13-27(2,3)14-22(25)30/h5-12,24,29H,13-15H2,1-4H3/t24-/m1/s1. The molecule has 2 aromatic carbocycles. The van der Waals surface area contributed by atoms with Gasteiger partial charge in [-0.1, -0.05) is 38.1 Å². The first-order chi connectivity index (χ1) is 15.7. The molecule has 1 N–H and O–H groups in total. The molecule has 4 rings (SSSR count). The average Bonchev–Trinajstić information content (AvgIpc) is 2.76. The van der Waals surface area contributed by atoms with Crippen molar-refractivity contribution in [2.24, 2.45) is 5.41 Å². The fourth-order valence-corrected chi connectivity index (χ4v) is 4.67. The third kappa shape index (κ3) is 4.70. The van der Waals surface area contributed by atoms with Crippen molar-refractivity contribution in [3.05, 3.63) is 88.0 Å². The van der Waals surface area contributed by atoms with Crippen LogP contribution >= 0.6 is 0 Å². The number of ether oxygens (including phenoxy) is 2. The van der Waals surface area contributed by atoms with Crippen molar-refractivity contribution in [2.75, 3.05) is 7.11 Å². The van der Waals surface area contributed by atoms with Crippen LogP contribution in [0.3, 0.4) is 0 Å². The van der Waals surface area contributed by atoms with Crippen LogP contribution in [-0.2, 0) is 20.9 Å². The molecule has 0 saturated heterocycles. The smallest absolute Gasteiger partial charge is 0.337 e. The van der Waals surface area contributed by atoms with E-state index < -0.39 is 17.7 Å². The van der Waals surface area contributed by atoms with Gasteiger partial charge in [-0.2, -0.15) is 0 Å². The monoisotopic (exact) mass is 449 g/mol. The van der Waals surface area contributed by atoms with Crippen LogP contribution in [0.4, 0.5) is 4.39 Å². The van der Waals surface area contributed by atoms with Crippen molar-refractivity contribution in [2.45, 2.75) is 46.1 Å². The lowest BCUT2D eigenvalue weighted by Crippen LogP contribution is -2.38. The topological polar surface area (TPSA) is 64.6 Å². The summed E-state index contributed by atoms with van der Waals surface area (Å²) in [6.07, 6.45) is 1.04. The first-order valence-electron chi connectivity index (χ1n) is 11.0. The van der Waals surface area contributed by atoms with Crippen LogP contribution in [-0.4, -0.2) is 18.9 Å². The molecule has 6 heteroatoms. The quantitative estimate of drug-likeness (QED) is 0.637. The molecule has 0 aromatic heterocycles. The highest BCUT2D eigenvalue weighted by molar-refractivity contribution is 6.04. The van der Waals surface area contributed by atoms with E-state index in [-0.39, 0.29) is 17.8 Å². The molecular weight excluding hydrogens is 421 g/mol. The third-order valence-corrected chi connectivity index (χ3v) is 6.17. The number of benzene rings is 2. The van der Waals surface area contributed by atoms with Gasteiger partial charge in [0, 0.05) is 29.3 Å². The first kappa shape index (κ1) is 22.8. The maximum Gasteiger partial charge on any atom is 0.337 e. The summed E-state index contributed by atoms with van der Waals surface area (Å²) in [7, 11) is 1.59. The minimum absolute atomic E-state index is 0.0315. The fraction of sp³-hybridized carbons (Fsp3) is 0.333. The minimum Gasteiger partial charge on any atom is -0.497 e. The zero-order chi connectivity index (χ0) is 23.8. The second kappa shape index (κ2) is 8.85. The predicted octanol–water partition coefficient (Wildman–Crippen LogP) is 5.18. The summed E-state index contributed by atoms with van der Waals surface area (Å²) in [5.74, 6) is -0.945. The van der Waals surface area contributed by atoms with E-state index in [4.69, 9.17) is 9.47 Å². The molecule has 0 unspecified atom stereocenters. The van der Waals surface area contributed by atoms with E-state index in [1.165, 1.54) is 12.1 Å². The number of halogens is 1. The molecular formula is C27H28FNO4. The Balaban J connectivity index is 1.69. The average molecular weight is 450 g/mol. The number of carbonyl (C=O) groups excluding carboxylic acids is 2. The van der Waals surface area contributed by atoms with Gasteiger partial charge in [0.15, 0.2) is 5.78 Å². The van der Waals surface area contributed by atoms with Crippen LogP contribution in [0.25, 0.3) is 0 Å². The highest BCUT2D eigenvalue weighted by Gasteiger charge is 2.43. The van der Waals surface area contributed by atoms with Crippen LogP contribution in [0, 0.1) is 11.2 Å². The molecule has 2 aromatic rings. The van der Waals surface area contributed by atoms with Crippen LogP contribution in [0.2, 0.25) is 0 Å². The van der Waals surface area contributed by atoms with E-state index in [0.717, 1.165) is 11.3 Å². The van der Waals surface area contributed by atoms with Gasteiger partial charge in [0.1, 0.15) is 18.2 Å². The summed E-state index contributed by atoms with van der Waals surface area (Å²) >= 11 is 0. The zero-order valence-electron chi connectivity index (χ0n) is 19.3. The first-order valence-corrected chi connectivity index (χ1v) is 11.0. The van der Waals surface area contributed by atoms with Crippen LogP contribution < -0.4 is 10.1 Å². The SMILES string of the molecule is COc1ccc(COC(=O)C2=C(C)NC3=C(C(=O)CC(C)(C)C3)[C@@H]2c2cccc(F)c2)cc1. The molecule has 1 heterocycles. The van der Waals surface area contributed by atoms with Crippen molar-refractivity contribution in [1.29, 1.82) is 0 Å². The summed E-state index contributed by atoms with van der Waals surface area (Å²) < 4.78 is 25.0. The minimum atomic E-state index is -0.677. The van der Waals surface area contributed by atoms with Crippen molar-refractivity contribution < 1.29 is 23.5 Å². The van der Waals surface area contributed by atoms with Gasteiger partial charge < -0.3 is 14.8 Å². The summed E-state index contributed by atoms with van der Waals surface area (Å²) in [4.78, 5) is 26.6. The molecule has 1 aliphatic carbocycles. The third-order valence-electron chi connectivity index (χ3n) is 6.17. The molecule has 33 heavy (non-hydrogen) atoms. The van der Waals surface area contributed by atoms with Gasteiger partial charge in [0.2, 0.25) is 0 Å². The predicted molar refractivity (Wildman–Crippen MR) is 123 cm³/mol. The Bertz CT molecular complexity index is 1160. The van der Waals surface area contributed by atoms with E-state index in [1.807, 2.05) is 26.0 Å². The lowest BCUT2D eigenvalue weighted by molar-refractivity contribution is -0.140. The molecule has 0 saturated carbocycles. The van der Waals surface area contributed by atoms with Crippen LogP contribution in [0.1, 0.15) is 50.7 Å². The second-order valence-electron chi connectivity index (χ2n) is 9.41. The molecule has 0 amide bonds. The number of allylic oxidation sites excluding steroid dienone is 3. The number of dihydropyridines is 1. The number of methoxy groups -OCH3 is 1. The number of ketones is 1. The van der Waals surface area contributed by atoms with Gasteiger partial charge in [-0.25, -0.2) is 9.18 Å². The summed E-state index contributed by atoms with van der Waals surface area (Å²) in [6, 6.07) is 13.3. The van der Waals surface area contributed by atoms with E-state index in [1.54, 1.807) is 38.3 Å². The molecule has 1 aliphatic heterocycles. The molecule has 0 bridgehead atoms. The fourth-order valence-electron chi connectivity index (χ4n) is 4.67. The molecule has 2 aliphatic rings. The highest BCUT2D eigenvalue weighted by atomic mass is 19.1. The normalized spacial score (nSPS) is 19.7. The van der Waals surface area contributed by atoms with Gasteiger partial charge in [-0.15, -0.1) is 0 Å². The van der Waals surface area contributed by atoms with Crippen molar-refractivity contribution >= 4 is 11.8 Å². The van der Waals surface area contributed by atoms with E-state index in [9.17, 15) is 14.0 Å². The molecule has 0 spiro atoms. The van der Waals surface area contributed by atoms with Crippen LogP contribution in [0.15, 0.2) is 71.1 Å². The Morgan fingerprint density at radius 3 is 2.55 bits per heavy atom. The maximum atomic E-state index is 14.2. The van der Waals surface area contributed by atoms with Crippen molar-refractivity contribution in [3.63, 3.8) is 0 Å². The van der Waals surface area contributed by atoms with Gasteiger partial charge in [-0.3, -0.25) is 4.79 Å². The Kier molecular flexibility index (Phi) is 6.11. The van der Waals surface area contributed by atoms with Gasteiger partial charge in [0.05, 0.1) is 12.7 Å². The molecule has 172 valence electrons. The lowest BCUT2D eigenvalue weighted by Gasteiger charge is -2.39. The van der Waals surface area contributed by atoms with Gasteiger partial charge in [-0.05, 0) is 54.2 Å². The summed E-state index contributed by atoms with van der Waals surface area (Å²) in [5.41, 5.74) is 3.46. The molecule has 0 radical (unpaired) electrons. The maximum absolute atomic E-state index is 14.2. The Morgan fingerprint density at radius 2 is 1.88 bits per heavy atom. The van der Waals surface area contributed by atoms with E-state index >= 15 is 0 Å². The highest BCUT2D eigenvalue weighted by Crippen LogP contribution is 2.46.